The van der Waals surface area contributed by atoms with Crippen molar-refractivity contribution in [2.45, 2.75) is 19.5 Å². The topological polar surface area (TPSA) is 30.0 Å². The number of alkyl halides is 3. The molecule has 0 amide bonds. The Morgan fingerprint density at radius 2 is 2.00 bits per heavy atom. The minimum absolute atomic E-state index is 0.0448. The molecule has 2 nitrogen and oxygen atoms in total. The van der Waals surface area contributed by atoms with Gasteiger partial charge in [0, 0.05) is 10.9 Å². The first-order valence-corrected chi connectivity index (χ1v) is 6.45. The van der Waals surface area contributed by atoms with Crippen molar-refractivity contribution in [1.29, 1.82) is 0 Å². The number of hydrogen-bond acceptors (Lipinski definition) is 3. The van der Waals surface area contributed by atoms with Crippen LogP contribution in [0.2, 0.25) is 0 Å². The quantitative estimate of drug-likeness (QED) is 0.799. The van der Waals surface area contributed by atoms with Crippen molar-refractivity contribution in [3.63, 3.8) is 0 Å². The molecule has 0 spiro atoms. The van der Waals surface area contributed by atoms with E-state index in [1.807, 2.05) is 0 Å². The molecule has 0 radical (unpaired) electrons. The number of thiazole rings is 1. The van der Waals surface area contributed by atoms with E-state index in [9.17, 15) is 22.4 Å². The highest BCUT2D eigenvalue weighted by Crippen LogP contribution is 2.33. The second-order valence-corrected chi connectivity index (χ2v) is 5.17. The smallest absolute Gasteiger partial charge is 0.300 e. The van der Waals surface area contributed by atoms with Crippen LogP contribution in [0.4, 0.5) is 17.6 Å². The average Bonchev–Trinajstić information content (AvgIpc) is 2.74. The molecule has 0 aliphatic carbocycles. The zero-order valence-corrected chi connectivity index (χ0v) is 11.1. The van der Waals surface area contributed by atoms with Crippen LogP contribution in [0.5, 0.6) is 0 Å². The highest BCUT2D eigenvalue weighted by Gasteiger charge is 2.31. The zero-order chi connectivity index (χ0) is 14.9. The number of carbonyl (C=O) groups is 1. The molecule has 106 valence electrons. The molecule has 0 bridgehead atoms. The Labute approximate surface area is 116 Å². The molecule has 0 aliphatic rings. The van der Waals surface area contributed by atoms with Crippen LogP contribution in [0.1, 0.15) is 17.5 Å². The summed E-state index contributed by atoms with van der Waals surface area (Å²) >= 11 is 1.16. The number of carbonyl (C=O) groups excluding carboxylic acids is 1. The minimum Gasteiger partial charge on any atom is -0.300 e. The van der Waals surface area contributed by atoms with Crippen LogP contribution in [0.25, 0.3) is 11.3 Å². The van der Waals surface area contributed by atoms with E-state index in [1.54, 1.807) is 0 Å². The molecule has 1 aromatic carbocycles. The third-order valence-electron chi connectivity index (χ3n) is 2.47. The fourth-order valence-electron chi connectivity index (χ4n) is 1.64. The maximum atomic E-state index is 13.3. The second-order valence-electron chi connectivity index (χ2n) is 4.23. The molecule has 2 rings (SSSR count). The van der Waals surface area contributed by atoms with Gasteiger partial charge in [0.05, 0.1) is 17.7 Å². The molecular formula is C13H9F4NOS. The van der Waals surface area contributed by atoms with Crippen LogP contribution in [0.15, 0.2) is 23.6 Å². The Morgan fingerprint density at radius 1 is 1.30 bits per heavy atom. The number of aromatic nitrogens is 1. The summed E-state index contributed by atoms with van der Waals surface area (Å²) in [6.45, 7) is 1.39. The summed E-state index contributed by atoms with van der Waals surface area (Å²) in [6.07, 6.45) is -4.50. The van der Waals surface area contributed by atoms with Crippen molar-refractivity contribution < 1.29 is 22.4 Å². The van der Waals surface area contributed by atoms with Crippen molar-refractivity contribution in [3.05, 3.63) is 40.0 Å². The van der Waals surface area contributed by atoms with Crippen molar-refractivity contribution in [3.8, 4) is 11.3 Å². The van der Waals surface area contributed by atoms with Gasteiger partial charge in [-0.05, 0) is 25.1 Å². The van der Waals surface area contributed by atoms with Gasteiger partial charge in [-0.2, -0.15) is 13.2 Å². The van der Waals surface area contributed by atoms with Gasteiger partial charge in [-0.25, -0.2) is 9.37 Å². The second kappa shape index (κ2) is 5.32. The first kappa shape index (κ1) is 14.6. The number of Topliss-reactive ketones (excluding diaryl/α,β-unsaturated/α-hetero) is 1. The first-order valence-electron chi connectivity index (χ1n) is 5.57. The van der Waals surface area contributed by atoms with Crippen molar-refractivity contribution in [2.75, 3.05) is 0 Å². The van der Waals surface area contributed by atoms with Crippen LogP contribution in [-0.4, -0.2) is 10.8 Å². The van der Waals surface area contributed by atoms with Gasteiger partial charge < -0.3 is 0 Å². The summed E-state index contributed by atoms with van der Waals surface area (Å²) in [5, 5.41) is 2.00. The monoisotopic (exact) mass is 303 g/mol. The van der Waals surface area contributed by atoms with Gasteiger partial charge >= 0.3 is 6.18 Å². The third-order valence-corrected chi connectivity index (χ3v) is 3.32. The van der Waals surface area contributed by atoms with Gasteiger partial charge in [0.15, 0.2) is 0 Å². The van der Waals surface area contributed by atoms with Crippen LogP contribution in [0, 0.1) is 5.82 Å². The van der Waals surface area contributed by atoms with Crippen LogP contribution in [0.3, 0.4) is 0 Å². The summed E-state index contributed by atoms with van der Waals surface area (Å²) in [5.74, 6) is -1.07. The van der Waals surface area contributed by atoms with Crippen LogP contribution >= 0.6 is 11.3 Å². The fourth-order valence-corrected chi connectivity index (χ4v) is 2.51. The molecule has 20 heavy (non-hydrogen) atoms. The van der Waals surface area contributed by atoms with E-state index in [0.717, 1.165) is 23.5 Å². The lowest BCUT2D eigenvalue weighted by molar-refractivity contribution is -0.137. The Hall–Kier alpha value is -1.76. The molecule has 0 saturated heterocycles. The number of ketones is 1. The first-order chi connectivity index (χ1) is 9.25. The summed E-state index contributed by atoms with van der Waals surface area (Å²) < 4.78 is 51.1. The van der Waals surface area contributed by atoms with Gasteiger partial charge in [-0.15, -0.1) is 11.3 Å². The Kier molecular flexibility index (Phi) is 3.89. The maximum absolute atomic E-state index is 13.3. The summed E-state index contributed by atoms with van der Waals surface area (Å²) in [6, 6.07) is 2.27. The fraction of sp³-hybridized carbons (Fsp3) is 0.231. The minimum atomic E-state index is -4.62. The van der Waals surface area contributed by atoms with E-state index in [0.29, 0.717) is 11.1 Å². The SMILES string of the molecule is CC(=O)Cc1nc(-c2cc(F)cc(C(F)(F)F)c2)cs1. The van der Waals surface area contributed by atoms with Gasteiger partial charge in [0.25, 0.3) is 0 Å². The van der Waals surface area contributed by atoms with E-state index in [4.69, 9.17) is 0 Å². The molecule has 0 saturated carbocycles. The number of halogens is 4. The summed E-state index contributed by atoms with van der Waals surface area (Å²) in [7, 11) is 0. The molecule has 0 atom stereocenters. The maximum Gasteiger partial charge on any atom is 0.416 e. The largest absolute Gasteiger partial charge is 0.416 e. The van der Waals surface area contributed by atoms with Crippen LogP contribution < -0.4 is 0 Å². The molecule has 0 fully saturated rings. The predicted octanol–water partition coefficient (Wildman–Crippen LogP) is 4.10. The molecule has 1 heterocycles. The van der Waals surface area contributed by atoms with Gasteiger partial charge in [-0.3, -0.25) is 4.79 Å². The van der Waals surface area contributed by atoms with Crippen molar-refractivity contribution in [1.82, 2.24) is 4.98 Å². The summed E-state index contributed by atoms with van der Waals surface area (Å²) in [5.41, 5.74) is -0.784. The number of rotatable bonds is 3. The molecule has 7 heteroatoms. The molecule has 0 N–H and O–H groups in total. The lowest BCUT2D eigenvalue weighted by atomic mass is 10.1. The predicted molar refractivity (Wildman–Crippen MR) is 66.9 cm³/mol. The van der Waals surface area contributed by atoms with E-state index < -0.39 is 17.6 Å². The number of nitrogens with zero attached hydrogens (tertiary/aromatic N) is 1. The van der Waals surface area contributed by atoms with E-state index in [-0.39, 0.29) is 23.5 Å². The molecule has 1 aromatic heterocycles. The van der Waals surface area contributed by atoms with E-state index in [2.05, 4.69) is 4.98 Å². The van der Waals surface area contributed by atoms with E-state index >= 15 is 0 Å². The molecule has 0 unspecified atom stereocenters. The van der Waals surface area contributed by atoms with Crippen molar-refractivity contribution >= 4 is 17.1 Å². The third kappa shape index (κ3) is 3.41. The Bertz CT molecular complexity index is 648. The lowest BCUT2D eigenvalue weighted by Gasteiger charge is -2.08. The van der Waals surface area contributed by atoms with Gasteiger partial charge in [0.2, 0.25) is 0 Å². The number of hydrogen-bond donors (Lipinski definition) is 0. The molecular weight excluding hydrogens is 294 g/mol. The standard InChI is InChI=1S/C13H9F4NOS/c1-7(19)2-12-18-11(6-20-12)8-3-9(13(15,16)17)5-10(14)4-8/h3-6H,2H2,1H3. The summed E-state index contributed by atoms with van der Waals surface area (Å²) in [4.78, 5) is 15.0. The van der Waals surface area contributed by atoms with Crippen LogP contribution in [-0.2, 0) is 17.4 Å². The van der Waals surface area contributed by atoms with Crippen molar-refractivity contribution in [2.24, 2.45) is 0 Å². The highest BCUT2D eigenvalue weighted by molar-refractivity contribution is 7.10. The Morgan fingerprint density at radius 3 is 2.60 bits per heavy atom. The average molecular weight is 303 g/mol. The normalized spacial score (nSPS) is 11.7. The molecule has 2 aromatic rings. The lowest BCUT2D eigenvalue weighted by Crippen LogP contribution is -2.05. The van der Waals surface area contributed by atoms with Gasteiger partial charge in [-0.1, -0.05) is 0 Å². The zero-order valence-electron chi connectivity index (χ0n) is 10.3. The Balaban J connectivity index is 2.40. The number of benzene rings is 1. The highest BCUT2D eigenvalue weighted by atomic mass is 32.1. The molecule has 0 aliphatic heterocycles. The van der Waals surface area contributed by atoms with E-state index in [1.165, 1.54) is 12.3 Å². The van der Waals surface area contributed by atoms with Gasteiger partial charge in [0.1, 0.15) is 16.6 Å².